The molecule has 0 aliphatic heterocycles. The van der Waals surface area contributed by atoms with Gasteiger partial charge in [0.15, 0.2) is 0 Å². The molecule has 1 aromatic heterocycles. The Labute approximate surface area is 176 Å². The number of rotatable bonds is 9. The first-order chi connectivity index (χ1) is 14.4. The predicted octanol–water partition coefficient (Wildman–Crippen LogP) is 2.37. The molecule has 0 aliphatic rings. The minimum absolute atomic E-state index is 0.0335. The summed E-state index contributed by atoms with van der Waals surface area (Å²) in [6.07, 6.45) is 2.29. The maximum Gasteiger partial charge on any atom is 0.238 e. The Hall–Kier alpha value is -2.97. The van der Waals surface area contributed by atoms with Crippen LogP contribution in [0.3, 0.4) is 0 Å². The summed E-state index contributed by atoms with van der Waals surface area (Å²) in [7, 11) is -3.58. The van der Waals surface area contributed by atoms with E-state index < -0.39 is 16.1 Å². The van der Waals surface area contributed by atoms with Crippen molar-refractivity contribution in [1.82, 2.24) is 15.0 Å². The first-order valence-corrected chi connectivity index (χ1v) is 11.5. The van der Waals surface area contributed by atoms with Crippen LogP contribution in [0.4, 0.5) is 5.82 Å². The summed E-state index contributed by atoms with van der Waals surface area (Å²) in [5, 5.41) is 4.84. The summed E-state index contributed by atoms with van der Waals surface area (Å²) >= 11 is 0. The van der Waals surface area contributed by atoms with Crippen molar-refractivity contribution in [1.29, 1.82) is 0 Å². The van der Waals surface area contributed by atoms with Gasteiger partial charge in [0.05, 0.1) is 5.75 Å². The number of carbonyl (C=O) groups excluding carboxylic acids is 1. The maximum absolute atomic E-state index is 12.9. The second kappa shape index (κ2) is 9.69. The summed E-state index contributed by atoms with van der Waals surface area (Å²) in [4.78, 5) is 16.9. The zero-order valence-electron chi connectivity index (χ0n) is 16.8. The van der Waals surface area contributed by atoms with Crippen LogP contribution in [0.25, 0.3) is 10.8 Å². The first-order valence-electron chi connectivity index (χ1n) is 9.82. The summed E-state index contributed by atoms with van der Waals surface area (Å²) < 4.78 is 27.4. The lowest BCUT2D eigenvalue weighted by molar-refractivity contribution is -0.122. The lowest BCUT2D eigenvalue weighted by atomic mass is 9.99. The Bertz CT molecular complexity index is 1110. The normalized spacial score (nSPS) is 12.6. The highest BCUT2D eigenvalue weighted by atomic mass is 32.2. The number of sulfonamides is 1. The quantitative estimate of drug-likeness (QED) is 0.486. The number of pyridine rings is 1. The molecule has 1 amide bonds. The number of benzene rings is 2. The van der Waals surface area contributed by atoms with Crippen molar-refractivity contribution in [3.8, 4) is 0 Å². The Morgan fingerprint density at radius 1 is 1.10 bits per heavy atom. The van der Waals surface area contributed by atoms with E-state index in [9.17, 15) is 13.2 Å². The molecule has 0 saturated heterocycles. The van der Waals surface area contributed by atoms with Crippen molar-refractivity contribution in [2.45, 2.75) is 32.4 Å². The van der Waals surface area contributed by atoms with E-state index in [1.165, 1.54) is 0 Å². The topological polar surface area (TPSA) is 114 Å². The minimum atomic E-state index is -3.58. The molecule has 4 N–H and O–H groups in total. The van der Waals surface area contributed by atoms with Crippen LogP contribution in [0.1, 0.15) is 24.5 Å². The van der Waals surface area contributed by atoms with Crippen molar-refractivity contribution in [2.24, 2.45) is 0 Å². The van der Waals surface area contributed by atoms with Crippen LogP contribution in [0.5, 0.6) is 0 Å². The third kappa shape index (κ3) is 5.77. The van der Waals surface area contributed by atoms with E-state index in [1.54, 1.807) is 25.3 Å². The lowest BCUT2D eigenvalue weighted by Gasteiger charge is -2.19. The number of aromatic nitrogens is 1. The fourth-order valence-corrected chi connectivity index (χ4v) is 4.55. The molecule has 0 spiro atoms. The maximum atomic E-state index is 12.9. The first kappa shape index (κ1) is 21.7. The second-order valence-electron chi connectivity index (χ2n) is 7.14. The van der Waals surface area contributed by atoms with Crippen LogP contribution in [0, 0.1) is 0 Å². The number of nitrogens with zero attached hydrogens (tertiary/aromatic N) is 1. The highest BCUT2D eigenvalue weighted by molar-refractivity contribution is 7.89. The highest BCUT2D eigenvalue weighted by Gasteiger charge is 2.25. The zero-order valence-corrected chi connectivity index (χ0v) is 17.7. The third-order valence-corrected chi connectivity index (χ3v) is 6.32. The van der Waals surface area contributed by atoms with Gasteiger partial charge in [0.2, 0.25) is 15.9 Å². The molecule has 1 atom stereocenters. The number of nitrogen functional groups attached to an aromatic ring is 1. The number of amides is 1. The molecule has 2 aromatic carbocycles. The Morgan fingerprint density at radius 2 is 1.87 bits per heavy atom. The van der Waals surface area contributed by atoms with E-state index in [0.29, 0.717) is 12.2 Å². The van der Waals surface area contributed by atoms with Crippen molar-refractivity contribution in [3.63, 3.8) is 0 Å². The van der Waals surface area contributed by atoms with Crippen LogP contribution in [0.15, 0.2) is 60.8 Å². The van der Waals surface area contributed by atoms with Crippen LogP contribution in [-0.2, 0) is 27.8 Å². The second-order valence-corrected chi connectivity index (χ2v) is 9.01. The van der Waals surface area contributed by atoms with Gasteiger partial charge in [-0.05, 0) is 40.8 Å². The third-order valence-electron chi connectivity index (χ3n) is 4.73. The highest BCUT2D eigenvalue weighted by Crippen LogP contribution is 2.20. The molecule has 0 bridgehead atoms. The van der Waals surface area contributed by atoms with Crippen molar-refractivity contribution in [3.05, 3.63) is 71.9 Å². The summed E-state index contributed by atoms with van der Waals surface area (Å²) in [6, 6.07) is 16.1. The fourth-order valence-electron chi connectivity index (χ4n) is 3.28. The smallest absolute Gasteiger partial charge is 0.238 e. The Kier molecular flexibility index (Phi) is 7.02. The number of hydrogen-bond donors (Lipinski definition) is 3. The number of anilines is 1. The van der Waals surface area contributed by atoms with Gasteiger partial charge in [-0.3, -0.25) is 4.79 Å². The number of nitrogens with two attached hydrogens (primary N) is 1. The molecule has 0 aliphatic carbocycles. The van der Waals surface area contributed by atoms with E-state index in [4.69, 9.17) is 5.73 Å². The number of carbonyl (C=O) groups is 1. The van der Waals surface area contributed by atoms with E-state index in [-0.39, 0.29) is 24.6 Å². The zero-order chi connectivity index (χ0) is 21.6. The van der Waals surface area contributed by atoms with Gasteiger partial charge in [0.25, 0.3) is 0 Å². The van der Waals surface area contributed by atoms with Crippen molar-refractivity contribution >= 4 is 32.5 Å². The van der Waals surface area contributed by atoms with E-state index in [1.807, 2.05) is 42.5 Å². The molecule has 0 fully saturated rings. The Balaban J connectivity index is 1.82. The number of hydrogen-bond acceptors (Lipinski definition) is 5. The molecule has 8 heteroatoms. The van der Waals surface area contributed by atoms with Gasteiger partial charge in [-0.15, -0.1) is 0 Å². The number of fused-ring (bicyclic) bond motifs is 1. The van der Waals surface area contributed by atoms with Gasteiger partial charge in [-0.25, -0.2) is 18.1 Å². The summed E-state index contributed by atoms with van der Waals surface area (Å²) in [5.74, 6) is -0.0283. The molecular formula is C22H26N4O3S. The minimum Gasteiger partial charge on any atom is -0.384 e. The molecular weight excluding hydrogens is 400 g/mol. The SMILES string of the molecule is CCCS(=O)(=O)N[C@@H](Cc1cccc2ccccc12)C(=O)NCc1ccc(N)nc1. The average molecular weight is 427 g/mol. The van der Waals surface area contributed by atoms with Crippen LogP contribution >= 0.6 is 0 Å². The van der Waals surface area contributed by atoms with Crippen LogP contribution in [-0.4, -0.2) is 31.1 Å². The molecule has 0 unspecified atom stereocenters. The van der Waals surface area contributed by atoms with Gasteiger partial charge in [-0.2, -0.15) is 0 Å². The van der Waals surface area contributed by atoms with Crippen LogP contribution < -0.4 is 15.8 Å². The van der Waals surface area contributed by atoms with Crippen LogP contribution in [0.2, 0.25) is 0 Å². The lowest BCUT2D eigenvalue weighted by Crippen LogP contribution is -2.48. The van der Waals surface area contributed by atoms with E-state index >= 15 is 0 Å². The largest absolute Gasteiger partial charge is 0.384 e. The molecule has 3 rings (SSSR count). The Morgan fingerprint density at radius 3 is 2.60 bits per heavy atom. The molecule has 0 saturated carbocycles. The van der Waals surface area contributed by atoms with E-state index in [0.717, 1.165) is 21.9 Å². The van der Waals surface area contributed by atoms with Gasteiger partial charge in [-0.1, -0.05) is 55.5 Å². The average Bonchev–Trinajstić information content (AvgIpc) is 2.72. The van der Waals surface area contributed by atoms with E-state index in [2.05, 4.69) is 15.0 Å². The molecule has 30 heavy (non-hydrogen) atoms. The molecule has 3 aromatic rings. The van der Waals surface area contributed by atoms with Crippen molar-refractivity contribution < 1.29 is 13.2 Å². The monoisotopic (exact) mass is 426 g/mol. The van der Waals surface area contributed by atoms with Gasteiger partial charge in [0.1, 0.15) is 11.9 Å². The molecule has 0 radical (unpaired) electrons. The summed E-state index contributed by atoms with van der Waals surface area (Å²) in [6.45, 7) is 2.01. The standard InChI is InChI=1S/C22H26N4O3S/c1-2-12-30(28,29)26-20(22(27)25-15-16-10-11-21(23)24-14-16)13-18-8-5-7-17-6-3-4-9-19(17)18/h3-11,14,20,26H,2,12-13,15H2,1H3,(H2,23,24)(H,25,27)/t20-/m0/s1. The summed E-state index contributed by atoms with van der Waals surface area (Å²) in [5.41, 5.74) is 7.26. The van der Waals surface area contributed by atoms with Gasteiger partial charge < -0.3 is 11.1 Å². The fraction of sp³-hybridized carbons (Fsp3) is 0.273. The molecule has 7 nitrogen and oxygen atoms in total. The predicted molar refractivity (Wildman–Crippen MR) is 119 cm³/mol. The van der Waals surface area contributed by atoms with Gasteiger partial charge in [0, 0.05) is 12.7 Å². The number of nitrogens with one attached hydrogen (secondary N) is 2. The van der Waals surface area contributed by atoms with Gasteiger partial charge >= 0.3 is 0 Å². The molecule has 158 valence electrons. The van der Waals surface area contributed by atoms with Crippen molar-refractivity contribution in [2.75, 3.05) is 11.5 Å². The molecule has 1 heterocycles.